The molecule has 0 N–H and O–H groups in total. The first-order valence-electron chi connectivity index (χ1n) is 6.58. The van der Waals surface area contributed by atoms with E-state index in [1.165, 1.54) is 0 Å². The summed E-state index contributed by atoms with van der Waals surface area (Å²) in [6, 6.07) is 7.81. The van der Waals surface area contributed by atoms with Crippen molar-refractivity contribution in [1.29, 1.82) is 0 Å². The number of para-hydroxylation sites is 1. The molecule has 2 aromatic heterocycles. The van der Waals surface area contributed by atoms with E-state index in [0.29, 0.717) is 11.0 Å². The van der Waals surface area contributed by atoms with Crippen LogP contribution >= 0.6 is 27.5 Å². The van der Waals surface area contributed by atoms with Gasteiger partial charge in [-0.15, -0.1) is 0 Å². The highest BCUT2D eigenvalue weighted by molar-refractivity contribution is 9.10. The second kappa shape index (κ2) is 5.11. The normalized spacial score (nSPS) is 12.0. The Balaban J connectivity index is 2.26. The number of hydrogen-bond donors (Lipinski definition) is 0. The minimum atomic E-state index is -0.139. The Kier molecular flexibility index (Phi) is 3.54. The van der Waals surface area contributed by atoms with Gasteiger partial charge in [0.05, 0.1) is 15.7 Å². The van der Waals surface area contributed by atoms with Gasteiger partial charge in [-0.1, -0.05) is 50.6 Å². The standard InChI is InChI=1S/C16H14BrClN2O/c1-16(2,3)13-12(17)14(18)20-15(19-13)10-8-21-11-7-5-4-6-9(10)11/h4-8H,1-3H3. The molecule has 0 radical (unpaired) electrons. The van der Waals surface area contributed by atoms with Gasteiger partial charge in [0.2, 0.25) is 0 Å². The molecule has 3 rings (SSSR count). The van der Waals surface area contributed by atoms with Crippen LogP contribution in [0.4, 0.5) is 0 Å². The molecule has 0 amide bonds. The Morgan fingerprint density at radius 2 is 1.86 bits per heavy atom. The third kappa shape index (κ3) is 2.58. The molecule has 0 spiro atoms. The van der Waals surface area contributed by atoms with Gasteiger partial charge >= 0.3 is 0 Å². The molecule has 0 saturated heterocycles. The molecule has 5 heteroatoms. The summed E-state index contributed by atoms with van der Waals surface area (Å²) >= 11 is 9.75. The molecule has 0 saturated carbocycles. The highest BCUT2D eigenvalue weighted by Gasteiger charge is 2.24. The van der Waals surface area contributed by atoms with Gasteiger partial charge in [-0.2, -0.15) is 0 Å². The molecule has 0 atom stereocenters. The number of benzene rings is 1. The Morgan fingerprint density at radius 3 is 2.57 bits per heavy atom. The van der Waals surface area contributed by atoms with Gasteiger partial charge in [-0.05, 0) is 22.0 Å². The molecule has 0 aliphatic carbocycles. The average Bonchev–Trinajstić information content (AvgIpc) is 2.84. The quantitative estimate of drug-likeness (QED) is 0.527. The van der Waals surface area contributed by atoms with Crippen molar-refractivity contribution in [1.82, 2.24) is 9.97 Å². The molecule has 21 heavy (non-hydrogen) atoms. The van der Waals surface area contributed by atoms with E-state index in [1.54, 1.807) is 6.26 Å². The minimum absolute atomic E-state index is 0.139. The van der Waals surface area contributed by atoms with Crippen LogP contribution in [0.25, 0.3) is 22.4 Å². The summed E-state index contributed by atoms with van der Waals surface area (Å²) in [6.07, 6.45) is 1.68. The number of aromatic nitrogens is 2. The maximum Gasteiger partial charge on any atom is 0.165 e. The molecule has 0 unspecified atom stereocenters. The van der Waals surface area contributed by atoms with E-state index < -0.39 is 0 Å². The monoisotopic (exact) mass is 364 g/mol. The second-order valence-electron chi connectivity index (χ2n) is 5.90. The van der Waals surface area contributed by atoms with Gasteiger partial charge in [0.25, 0.3) is 0 Å². The highest BCUT2D eigenvalue weighted by atomic mass is 79.9. The van der Waals surface area contributed by atoms with E-state index >= 15 is 0 Å². The molecule has 1 aromatic carbocycles. The van der Waals surface area contributed by atoms with E-state index in [1.807, 2.05) is 24.3 Å². The fourth-order valence-electron chi connectivity index (χ4n) is 2.19. The Labute approximate surface area is 136 Å². The van der Waals surface area contributed by atoms with Crippen molar-refractivity contribution in [2.75, 3.05) is 0 Å². The van der Waals surface area contributed by atoms with Crippen molar-refractivity contribution in [2.45, 2.75) is 26.2 Å². The van der Waals surface area contributed by atoms with Crippen molar-refractivity contribution in [3.05, 3.63) is 45.8 Å². The van der Waals surface area contributed by atoms with Crippen LogP contribution in [0.15, 0.2) is 39.4 Å². The Bertz CT molecular complexity index is 821. The van der Waals surface area contributed by atoms with E-state index in [4.69, 9.17) is 21.0 Å². The fourth-order valence-corrected chi connectivity index (χ4v) is 3.13. The second-order valence-corrected chi connectivity index (χ2v) is 7.05. The zero-order valence-corrected chi connectivity index (χ0v) is 14.3. The van der Waals surface area contributed by atoms with E-state index in [0.717, 1.165) is 26.7 Å². The van der Waals surface area contributed by atoms with Crippen molar-refractivity contribution in [2.24, 2.45) is 0 Å². The lowest BCUT2D eigenvalue weighted by molar-refractivity contribution is 0.564. The van der Waals surface area contributed by atoms with Crippen LogP contribution in [0.5, 0.6) is 0 Å². The summed E-state index contributed by atoms with van der Waals surface area (Å²) in [5.74, 6) is 0.582. The van der Waals surface area contributed by atoms with Crippen LogP contribution in [-0.4, -0.2) is 9.97 Å². The van der Waals surface area contributed by atoms with Gasteiger partial charge in [0.15, 0.2) is 5.82 Å². The number of nitrogens with zero attached hydrogens (tertiary/aromatic N) is 2. The third-order valence-electron chi connectivity index (χ3n) is 3.24. The summed E-state index contributed by atoms with van der Waals surface area (Å²) in [7, 11) is 0. The summed E-state index contributed by atoms with van der Waals surface area (Å²) in [4.78, 5) is 9.08. The van der Waals surface area contributed by atoms with Crippen LogP contribution in [0.2, 0.25) is 5.15 Å². The van der Waals surface area contributed by atoms with Crippen LogP contribution in [0.3, 0.4) is 0 Å². The van der Waals surface area contributed by atoms with Gasteiger partial charge in [-0.3, -0.25) is 0 Å². The topological polar surface area (TPSA) is 38.9 Å². The lowest BCUT2D eigenvalue weighted by Crippen LogP contribution is -2.16. The summed E-state index contributed by atoms with van der Waals surface area (Å²) < 4.78 is 6.31. The van der Waals surface area contributed by atoms with Gasteiger partial charge in [0.1, 0.15) is 17.0 Å². The first-order valence-corrected chi connectivity index (χ1v) is 7.75. The molecular formula is C16H14BrClN2O. The number of furan rings is 1. The molecule has 3 nitrogen and oxygen atoms in total. The summed E-state index contributed by atoms with van der Waals surface area (Å²) in [5, 5.41) is 1.39. The van der Waals surface area contributed by atoms with Crippen molar-refractivity contribution < 1.29 is 4.42 Å². The predicted octanol–water partition coefficient (Wildman–Crippen LogP) is 5.60. The lowest BCUT2D eigenvalue weighted by Gasteiger charge is -2.20. The largest absolute Gasteiger partial charge is 0.464 e. The van der Waals surface area contributed by atoms with E-state index in [9.17, 15) is 0 Å². The molecular weight excluding hydrogens is 352 g/mol. The van der Waals surface area contributed by atoms with Crippen molar-refractivity contribution >= 4 is 38.5 Å². The Hall–Kier alpha value is -1.39. The average molecular weight is 366 g/mol. The first-order chi connectivity index (χ1) is 9.88. The van der Waals surface area contributed by atoms with E-state index in [-0.39, 0.29) is 5.41 Å². The maximum atomic E-state index is 6.26. The molecule has 3 aromatic rings. The number of rotatable bonds is 1. The smallest absolute Gasteiger partial charge is 0.165 e. The number of fused-ring (bicyclic) bond motifs is 1. The molecule has 0 aliphatic rings. The molecule has 2 heterocycles. The fraction of sp³-hybridized carbons (Fsp3) is 0.250. The van der Waals surface area contributed by atoms with Gasteiger partial charge in [0, 0.05) is 10.8 Å². The van der Waals surface area contributed by atoms with Gasteiger partial charge in [-0.25, -0.2) is 9.97 Å². The molecule has 0 aliphatic heterocycles. The number of halogens is 2. The minimum Gasteiger partial charge on any atom is -0.464 e. The lowest BCUT2D eigenvalue weighted by atomic mass is 9.92. The zero-order valence-electron chi connectivity index (χ0n) is 11.9. The predicted molar refractivity (Wildman–Crippen MR) is 88.7 cm³/mol. The van der Waals surface area contributed by atoms with Crippen LogP contribution in [-0.2, 0) is 5.41 Å². The molecule has 108 valence electrons. The van der Waals surface area contributed by atoms with Gasteiger partial charge < -0.3 is 4.42 Å². The third-order valence-corrected chi connectivity index (χ3v) is 4.50. The summed E-state index contributed by atoms with van der Waals surface area (Å²) in [6.45, 7) is 6.27. The molecule has 0 fully saturated rings. The van der Waals surface area contributed by atoms with Crippen LogP contribution in [0.1, 0.15) is 26.5 Å². The van der Waals surface area contributed by atoms with Crippen LogP contribution < -0.4 is 0 Å². The van der Waals surface area contributed by atoms with Crippen molar-refractivity contribution in [3.63, 3.8) is 0 Å². The van der Waals surface area contributed by atoms with Crippen LogP contribution in [0, 0.1) is 0 Å². The van der Waals surface area contributed by atoms with Crippen molar-refractivity contribution in [3.8, 4) is 11.4 Å². The highest BCUT2D eigenvalue weighted by Crippen LogP contribution is 2.36. The number of hydrogen-bond acceptors (Lipinski definition) is 3. The SMILES string of the molecule is CC(C)(C)c1nc(-c2coc3ccccc23)nc(Cl)c1Br. The maximum absolute atomic E-state index is 6.26. The first kappa shape index (κ1) is 14.5. The summed E-state index contributed by atoms with van der Waals surface area (Å²) in [5.41, 5.74) is 2.40. The zero-order chi connectivity index (χ0) is 15.2. The Morgan fingerprint density at radius 1 is 1.14 bits per heavy atom. The molecule has 0 bridgehead atoms. The van der Waals surface area contributed by atoms with E-state index in [2.05, 4.69) is 41.7 Å².